The van der Waals surface area contributed by atoms with Crippen LogP contribution in [0.1, 0.15) is 12.8 Å². The highest BCUT2D eigenvalue weighted by Crippen LogP contribution is 2.20. The first-order valence-electron chi connectivity index (χ1n) is 5.14. The molecule has 1 fully saturated rings. The molecule has 0 aromatic heterocycles. The summed E-state index contributed by atoms with van der Waals surface area (Å²) in [7, 11) is 0.899. The summed E-state index contributed by atoms with van der Waals surface area (Å²) in [6.07, 6.45) is 1.88. The Hall–Kier alpha value is 0.160. The third-order valence-electron chi connectivity index (χ3n) is 2.73. The number of nitrogens with zero attached hydrogens (tertiary/aromatic N) is 2. The van der Waals surface area contributed by atoms with E-state index in [9.17, 15) is 8.42 Å². The van der Waals surface area contributed by atoms with Gasteiger partial charge in [-0.1, -0.05) is 0 Å². The fourth-order valence-corrected chi connectivity index (χ4v) is 3.27. The van der Waals surface area contributed by atoms with Gasteiger partial charge in [0.15, 0.2) is 0 Å². The molecule has 0 bridgehead atoms. The van der Waals surface area contributed by atoms with Gasteiger partial charge < -0.3 is 4.90 Å². The van der Waals surface area contributed by atoms with Gasteiger partial charge in [0.25, 0.3) is 0 Å². The van der Waals surface area contributed by atoms with Crippen molar-refractivity contribution in [3.05, 3.63) is 0 Å². The van der Waals surface area contributed by atoms with Gasteiger partial charge in [0.2, 0.25) is 10.0 Å². The molecule has 6 heteroatoms. The van der Waals surface area contributed by atoms with Crippen LogP contribution >= 0.6 is 11.6 Å². The van der Waals surface area contributed by atoms with Crippen LogP contribution in [0.15, 0.2) is 0 Å². The maximum Gasteiger partial charge on any atom is 0.228 e. The van der Waals surface area contributed by atoms with E-state index in [1.54, 1.807) is 0 Å². The van der Waals surface area contributed by atoms with E-state index in [-0.39, 0.29) is 5.21 Å². The van der Waals surface area contributed by atoms with Crippen LogP contribution in [0, 0.1) is 5.92 Å². The Morgan fingerprint density at radius 3 is 2.27 bits per heavy atom. The van der Waals surface area contributed by atoms with Crippen molar-refractivity contribution in [3.8, 4) is 0 Å². The van der Waals surface area contributed by atoms with Crippen molar-refractivity contribution in [1.29, 1.82) is 0 Å². The average Bonchev–Trinajstić information content (AvgIpc) is 2.18. The SMILES string of the molecule is CN(C)CC1CCN(S(=O)(=O)CCl)CC1. The summed E-state index contributed by atoms with van der Waals surface area (Å²) in [6, 6.07) is 0. The molecule has 4 nitrogen and oxygen atoms in total. The van der Waals surface area contributed by atoms with E-state index in [0.29, 0.717) is 19.0 Å². The molecule has 0 spiro atoms. The van der Waals surface area contributed by atoms with E-state index < -0.39 is 10.0 Å². The summed E-state index contributed by atoms with van der Waals surface area (Å²) in [5.74, 6) is 0.613. The van der Waals surface area contributed by atoms with E-state index >= 15 is 0 Å². The zero-order valence-corrected chi connectivity index (χ0v) is 10.9. The normalized spacial score (nSPS) is 21.1. The lowest BCUT2D eigenvalue weighted by Crippen LogP contribution is -2.40. The number of hydrogen-bond acceptors (Lipinski definition) is 3. The van der Waals surface area contributed by atoms with E-state index in [1.165, 1.54) is 4.31 Å². The quantitative estimate of drug-likeness (QED) is 0.697. The van der Waals surface area contributed by atoms with Crippen molar-refractivity contribution in [2.75, 3.05) is 38.9 Å². The Kier molecular flexibility index (Phi) is 4.83. The Bertz CT molecular complexity index is 284. The van der Waals surface area contributed by atoms with Crippen LogP contribution in [-0.4, -0.2) is 56.6 Å². The topological polar surface area (TPSA) is 40.6 Å². The zero-order valence-electron chi connectivity index (χ0n) is 9.32. The van der Waals surface area contributed by atoms with Gasteiger partial charge in [0, 0.05) is 19.6 Å². The molecule has 0 saturated carbocycles. The van der Waals surface area contributed by atoms with Gasteiger partial charge in [-0.15, -0.1) is 11.6 Å². The Balaban J connectivity index is 2.43. The second kappa shape index (κ2) is 5.48. The molecule has 0 unspecified atom stereocenters. The van der Waals surface area contributed by atoms with Gasteiger partial charge in [-0.05, 0) is 32.9 Å². The summed E-state index contributed by atoms with van der Waals surface area (Å²) >= 11 is 5.41. The van der Waals surface area contributed by atoms with E-state index in [4.69, 9.17) is 11.6 Å². The molecule has 1 aliphatic rings. The van der Waals surface area contributed by atoms with E-state index in [0.717, 1.165) is 19.4 Å². The largest absolute Gasteiger partial charge is 0.309 e. The van der Waals surface area contributed by atoms with E-state index in [1.807, 2.05) is 14.1 Å². The van der Waals surface area contributed by atoms with Crippen molar-refractivity contribution >= 4 is 21.6 Å². The number of sulfonamides is 1. The lowest BCUT2D eigenvalue weighted by Gasteiger charge is -2.31. The molecule has 1 heterocycles. The summed E-state index contributed by atoms with van der Waals surface area (Å²) in [5.41, 5.74) is 0. The fraction of sp³-hybridized carbons (Fsp3) is 1.00. The molecule has 0 radical (unpaired) electrons. The van der Waals surface area contributed by atoms with Gasteiger partial charge in [0.05, 0.1) is 0 Å². The monoisotopic (exact) mass is 254 g/mol. The molecule has 0 amide bonds. The van der Waals surface area contributed by atoms with Crippen LogP contribution in [0.5, 0.6) is 0 Å². The minimum absolute atomic E-state index is 0.300. The number of alkyl halides is 1. The molecule has 1 saturated heterocycles. The van der Waals surface area contributed by atoms with Crippen molar-refractivity contribution < 1.29 is 8.42 Å². The maximum atomic E-state index is 11.5. The second-order valence-electron chi connectivity index (χ2n) is 4.33. The highest BCUT2D eigenvalue weighted by atomic mass is 35.5. The molecule has 0 aromatic rings. The first-order valence-corrected chi connectivity index (χ1v) is 7.28. The van der Waals surface area contributed by atoms with Crippen LogP contribution in [0.3, 0.4) is 0 Å². The first-order chi connectivity index (χ1) is 6.95. The number of rotatable bonds is 4. The van der Waals surface area contributed by atoms with Gasteiger partial charge in [0.1, 0.15) is 5.21 Å². The van der Waals surface area contributed by atoms with Crippen LogP contribution in [0.4, 0.5) is 0 Å². The summed E-state index contributed by atoms with van der Waals surface area (Å²) in [6.45, 7) is 2.27. The smallest absolute Gasteiger partial charge is 0.228 e. The third-order valence-corrected chi connectivity index (χ3v) is 4.98. The minimum Gasteiger partial charge on any atom is -0.309 e. The average molecular weight is 255 g/mol. The fourth-order valence-electron chi connectivity index (χ4n) is 1.96. The van der Waals surface area contributed by atoms with Gasteiger partial charge in [-0.25, -0.2) is 12.7 Å². The van der Waals surface area contributed by atoms with Crippen LogP contribution in [-0.2, 0) is 10.0 Å². The Morgan fingerprint density at radius 2 is 1.87 bits per heavy atom. The molecule has 15 heavy (non-hydrogen) atoms. The van der Waals surface area contributed by atoms with E-state index in [2.05, 4.69) is 4.90 Å². The van der Waals surface area contributed by atoms with Crippen molar-refractivity contribution in [2.24, 2.45) is 5.92 Å². The maximum absolute atomic E-state index is 11.5. The minimum atomic E-state index is -3.19. The molecule has 0 aliphatic carbocycles. The Labute approximate surface area is 97.2 Å². The molecular formula is C9H19ClN2O2S. The zero-order chi connectivity index (χ0) is 11.5. The second-order valence-corrected chi connectivity index (χ2v) is 6.88. The molecular weight excluding hydrogens is 236 g/mol. The number of hydrogen-bond donors (Lipinski definition) is 0. The summed E-state index contributed by atoms with van der Waals surface area (Å²) < 4.78 is 24.4. The number of piperidine rings is 1. The molecule has 0 aromatic carbocycles. The van der Waals surface area contributed by atoms with Gasteiger partial charge in [-0.3, -0.25) is 0 Å². The lowest BCUT2D eigenvalue weighted by atomic mass is 9.98. The summed E-state index contributed by atoms with van der Waals surface area (Å²) in [5, 5.41) is -0.300. The van der Waals surface area contributed by atoms with Crippen LogP contribution in [0.25, 0.3) is 0 Å². The van der Waals surface area contributed by atoms with Crippen molar-refractivity contribution in [1.82, 2.24) is 9.21 Å². The Morgan fingerprint density at radius 1 is 1.33 bits per heavy atom. The first kappa shape index (κ1) is 13.2. The predicted molar refractivity (Wildman–Crippen MR) is 62.5 cm³/mol. The highest BCUT2D eigenvalue weighted by Gasteiger charge is 2.27. The summed E-state index contributed by atoms with van der Waals surface area (Å²) in [4.78, 5) is 2.15. The third kappa shape index (κ3) is 3.90. The van der Waals surface area contributed by atoms with Crippen LogP contribution in [0.2, 0.25) is 0 Å². The molecule has 0 N–H and O–H groups in total. The predicted octanol–water partition coefficient (Wildman–Crippen LogP) is 0.786. The van der Waals surface area contributed by atoms with Crippen molar-refractivity contribution in [3.63, 3.8) is 0 Å². The molecule has 0 atom stereocenters. The van der Waals surface area contributed by atoms with Crippen molar-refractivity contribution in [2.45, 2.75) is 12.8 Å². The number of halogens is 1. The standard InChI is InChI=1S/C9H19ClN2O2S/c1-11(2)7-9-3-5-12(6-4-9)15(13,14)8-10/h9H,3-8H2,1-2H3. The molecule has 90 valence electrons. The molecule has 1 rings (SSSR count). The molecule has 1 aliphatic heterocycles. The van der Waals surface area contributed by atoms with Crippen LogP contribution < -0.4 is 0 Å². The highest BCUT2D eigenvalue weighted by molar-refractivity contribution is 7.90. The lowest BCUT2D eigenvalue weighted by molar-refractivity contribution is 0.225. The van der Waals surface area contributed by atoms with Gasteiger partial charge in [-0.2, -0.15) is 0 Å². The van der Waals surface area contributed by atoms with Gasteiger partial charge >= 0.3 is 0 Å².